The zero-order valence-corrected chi connectivity index (χ0v) is 32.8. The van der Waals surface area contributed by atoms with Crippen molar-refractivity contribution in [2.45, 2.75) is 11.6 Å². The Balaban J connectivity index is 0.000000147. The smallest absolute Gasteiger partial charge is 0.341 e. The molecule has 0 bridgehead atoms. The van der Waals surface area contributed by atoms with Crippen LogP contribution in [0.15, 0.2) is 176 Å². The maximum absolute atomic E-state index is 12.1. The summed E-state index contributed by atoms with van der Waals surface area (Å²) >= 11 is 0. The van der Waals surface area contributed by atoms with Crippen LogP contribution in [0.2, 0.25) is 0 Å². The summed E-state index contributed by atoms with van der Waals surface area (Å²) in [5, 5.41) is 27.6. The molecule has 3 N–H and O–H groups in total. The zero-order chi connectivity index (χ0) is 43.0. The fraction of sp³-hybridized carbons (Fsp3) is 0.0816. The summed E-state index contributed by atoms with van der Waals surface area (Å²) in [4.78, 5) is 34.5. The second-order valence-electron chi connectivity index (χ2n) is 13.3. The van der Waals surface area contributed by atoms with Gasteiger partial charge >= 0.3 is 29.5 Å². The fourth-order valence-corrected chi connectivity index (χ4v) is 6.72. The number of carboxylic acids is 1. The number of phenols is 2. The summed E-state index contributed by atoms with van der Waals surface area (Å²) in [6.07, 6.45) is 0. The number of carbonyl (C=O) groups excluding carboxylic acids is 2. The highest BCUT2D eigenvalue weighted by atomic mass is 16.7. The molecular weight excluding hydrogens is 781 g/mol. The van der Waals surface area contributed by atoms with Gasteiger partial charge in [-0.2, -0.15) is 0 Å². The number of rotatable bonds is 7. The number of fused-ring (bicyclic) bond motifs is 2. The lowest BCUT2D eigenvalue weighted by Gasteiger charge is -2.28. The molecule has 0 unspecified atom stereocenters. The highest BCUT2D eigenvalue weighted by Crippen LogP contribution is 2.50. The lowest BCUT2D eigenvalue weighted by atomic mass is 9.97. The van der Waals surface area contributed by atoms with Crippen LogP contribution in [0.25, 0.3) is 0 Å². The Kier molecular flexibility index (Phi) is 11.9. The molecule has 2 heterocycles. The number of carboxylic acid groups (broad SMARTS) is 1. The molecule has 2 aliphatic heterocycles. The molecule has 0 spiro atoms. The van der Waals surface area contributed by atoms with Crippen molar-refractivity contribution in [3.05, 3.63) is 215 Å². The van der Waals surface area contributed by atoms with E-state index < -0.39 is 35.2 Å². The topological polar surface area (TPSA) is 167 Å². The molecule has 7 aromatic rings. The summed E-state index contributed by atoms with van der Waals surface area (Å²) in [5.74, 6) is -3.75. The third-order valence-electron chi connectivity index (χ3n) is 9.63. The number of hydrogen-bond acceptors (Lipinski definition) is 11. The zero-order valence-electron chi connectivity index (χ0n) is 32.8. The maximum Gasteiger partial charge on any atom is 0.341 e. The summed E-state index contributed by atoms with van der Waals surface area (Å²) in [6.45, 7) is 0. The fourth-order valence-electron chi connectivity index (χ4n) is 6.72. The number of phenolic OH excluding ortho intramolecular Hbond substituents is 2. The van der Waals surface area contributed by atoms with E-state index in [-0.39, 0.29) is 22.6 Å². The van der Waals surface area contributed by atoms with Crippen molar-refractivity contribution in [1.82, 2.24) is 0 Å². The molecule has 0 radical (unpaired) electrons. The van der Waals surface area contributed by atoms with Crippen molar-refractivity contribution >= 4 is 17.9 Å². The van der Waals surface area contributed by atoms with Crippen LogP contribution in [0, 0.1) is 0 Å². The molecule has 0 fully saturated rings. The number of esters is 2. The van der Waals surface area contributed by atoms with Gasteiger partial charge in [-0.05, 0) is 36.4 Å². The van der Waals surface area contributed by atoms with Crippen molar-refractivity contribution < 1.29 is 58.1 Å². The van der Waals surface area contributed by atoms with Crippen LogP contribution < -0.4 is 18.9 Å². The van der Waals surface area contributed by atoms with Crippen LogP contribution in [0.5, 0.6) is 34.5 Å². The van der Waals surface area contributed by atoms with E-state index in [1.54, 1.807) is 30.3 Å². The molecule has 2 aliphatic rings. The van der Waals surface area contributed by atoms with Crippen molar-refractivity contribution in [2.75, 3.05) is 14.2 Å². The molecule has 9 rings (SSSR count). The lowest BCUT2D eigenvalue weighted by Crippen LogP contribution is -2.36. The minimum Gasteiger partial charge on any atom is -0.504 e. The van der Waals surface area contributed by atoms with Crippen LogP contribution in [-0.2, 0) is 21.0 Å². The minimum absolute atomic E-state index is 0.0440. The number of methoxy groups -OCH3 is 2. The summed E-state index contributed by atoms with van der Waals surface area (Å²) in [6, 6.07) is 52.5. The molecule has 0 saturated carbocycles. The largest absolute Gasteiger partial charge is 0.504 e. The SMILES string of the molecule is COC(=O)c1cccc(O)c1O.COC(=O)c1cccc2c1OC(c1ccccc1)(c1ccccc1)O2.O=C(O)c1cccc2c1OC(c1ccccc1)(c1ccccc1)O2. The third kappa shape index (κ3) is 8.10. The molecular formula is C49H38O12. The van der Waals surface area contributed by atoms with Gasteiger partial charge < -0.3 is 43.7 Å². The monoisotopic (exact) mass is 818 g/mol. The highest BCUT2D eigenvalue weighted by Gasteiger charge is 2.48. The van der Waals surface area contributed by atoms with Gasteiger partial charge in [0.15, 0.2) is 34.5 Å². The molecule has 7 aromatic carbocycles. The summed E-state index contributed by atoms with van der Waals surface area (Å²) in [5.41, 5.74) is 3.65. The quantitative estimate of drug-likeness (QED) is 0.103. The van der Waals surface area contributed by atoms with E-state index >= 15 is 0 Å². The van der Waals surface area contributed by atoms with Crippen molar-refractivity contribution in [3.8, 4) is 34.5 Å². The number of aromatic carboxylic acids is 1. The summed E-state index contributed by atoms with van der Waals surface area (Å²) in [7, 11) is 2.55. The average Bonchev–Trinajstić information content (AvgIpc) is 3.92. The van der Waals surface area contributed by atoms with Gasteiger partial charge in [-0.15, -0.1) is 0 Å². The molecule has 0 saturated heterocycles. The van der Waals surface area contributed by atoms with E-state index in [1.165, 1.54) is 38.5 Å². The molecule has 12 heteroatoms. The number of hydrogen-bond donors (Lipinski definition) is 3. The second-order valence-corrected chi connectivity index (χ2v) is 13.3. The predicted octanol–water partition coefficient (Wildman–Crippen LogP) is 9.09. The minimum atomic E-state index is -1.20. The first-order valence-electron chi connectivity index (χ1n) is 18.8. The van der Waals surface area contributed by atoms with Crippen molar-refractivity contribution in [3.63, 3.8) is 0 Å². The van der Waals surface area contributed by atoms with Gasteiger partial charge in [-0.1, -0.05) is 140 Å². The van der Waals surface area contributed by atoms with Crippen LogP contribution >= 0.6 is 0 Å². The summed E-state index contributed by atoms with van der Waals surface area (Å²) < 4.78 is 34.1. The first kappa shape index (κ1) is 40.9. The van der Waals surface area contributed by atoms with Gasteiger partial charge in [-0.3, -0.25) is 0 Å². The van der Waals surface area contributed by atoms with Crippen molar-refractivity contribution in [1.29, 1.82) is 0 Å². The van der Waals surface area contributed by atoms with Crippen LogP contribution in [-0.4, -0.2) is 47.4 Å². The third-order valence-corrected chi connectivity index (χ3v) is 9.63. The lowest BCUT2D eigenvalue weighted by molar-refractivity contribution is -0.0465. The van der Waals surface area contributed by atoms with E-state index in [1.807, 2.05) is 121 Å². The Morgan fingerprint density at radius 1 is 0.426 bits per heavy atom. The Morgan fingerprint density at radius 3 is 1.16 bits per heavy atom. The Morgan fingerprint density at radius 2 is 0.770 bits per heavy atom. The standard InChI is InChI=1S/C21H16O4.C20H14O4.C8H8O4/c1-23-20(22)17-13-8-14-18-19(17)25-21(24-18,15-9-4-2-5-10-15)16-11-6-3-7-12-16;21-19(22)16-12-7-13-17-18(16)24-20(23-17,14-8-3-1-4-9-14)15-10-5-2-6-11-15;1-12-8(11)5-3-2-4-6(9)7(5)10/h2-14H,1H3;1-13H,(H,21,22);2-4,9-10H,1H3. The number of para-hydroxylation sites is 3. The molecule has 0 aliphatic carbocycles. The van der Waals surface area contributed by atoms with Crippen LogP contribution in [0.1, 0.15) is 53.3 Å². The van der Waals surface area contributed by atoms with Crippen LogP contribution in [0.4, 0.5) is 0 Å². The molecule has 0 aromatic heterocycles. The number of carbonyl (C=O) groups is 3. The van der Waals surface area contributed by atoms with Crippen LogP contribution in [0.3, 0.4) is 0 Å². The Bertz CT molecular complexity index is 2570. The van der Waals surface area contributed by atoms with Gasteiger partial charge in [0.25, 0.3) is 0 Å². The average molecular weight is 819 g/mol. The first-order chi connectivity index (χ1) is 29.6. The molecule has 0 amide bonds. The number of benzene rings is 7. The molecule has 0 atom stereocenters. The van der Waals surface area contributed by atoms with E-state index in [2.05, 4.69) is 4.74 Å². The van der Waals surface area contributed by atoms with Gasteiger partial charge in [0, 0.05) is 22.3 Å². The predicted molar refractivity (Wildman–Crippen MR) is 222 cm³/mol. The number of aromatic hydroxyl groups is 2. The van der Waals surface area contributed by atoms with Crippen molar-refractivity contribution in [2.24, 2.45) is 0 Å². The number of ether oxygens (including phenoxy) is 6. The second kappa shape index (κ2) is 17.7. The molecule has 12 nitrogen and oxygen atoms in total. The highest BCUT2D eigenvalue weighted by molar-refractivity contribution is 5.94. The van der Waals surface area contributed by atoms with Gasteiger partial charge in [-0.25, -0.2) is 14.4 Å². The van der Waals surface area contributed by atoms with E-state index in [0.717, 1.165) is 22.3 Å². The van der Waals surface area contributed by atoms with E-state index in [9.17, 15) is 19.5 Å². The van der Waals surface area contributed by atoms with E-state index in [4.69, 9.17) is 33.9 Å². The molecule has 61 heavy (non-hydrogen) atoms. The normalized spacial score (nSPS) is 13.3. The van der Waals surface area contributed by atoms with Gasteiger partial charge in [0.05, 0.1) is 14.2 Å². The Hall–Kier alpha value is -8.25. The Labute approximate surface area is 350 Å². The van der Waals surface area contributed by atoms with Gasteiger partial charge in [0.1, 0.15) is 16.7 Å². The van der Waals surface area contributed by atoms with Gasteiger partial charge in [0.2, 0.25) is 0 Å². The maximum atomic E-state index is 12.1. The molecule has 306 valence electrons. The first-order valence-corrected chi connectivity index (χ1v) is 18.8. The van der Waals surface area contributed by atoms with E-state index in [0.29, 0.717) is 22.8 Å².